The third-order valence-corrected chi connectivity index (χ3v) is 3.93. The molecule has 1 atom stereocenters. The third kappa shape index (κ3) is 3.12. The molecular formula is C18H18N2OS. The molecule has 1 aliphatic rings. The molecule has 0 radical (unpaired) electrons. The first kappa shape index (κ1) is 14.6. The van der Waals surface area contributed by atoms with Crippen molar-refractivity contribution >= 4 is 23.0 Å². The molecule has 0 aromatic heterocycles. The van der Waals surface area contributed by atoms with E-state index in [1.807, 2.05) is 24.3 Å². The largest absolute Gasteiger partial charge is 0.497 e. The normalized spacial score (nSPS) is 17.3. The van der Waals surface area contributed by atoms with Crippen LogP contribution in [-0.4, -0.2) is 12.2 Å². The van der Waals surface area contributed by atoms with Gasteiger partial charge in [0.1, 0.15) is 5.75 Å². The number of aryl methyl sites for hydroxylation is 1. The van der Waals surface area contributed by atoms with Gasteiger partial charge in [0.15, 0.2) is 5.11 Å². The first-order chi connectivity index (χ1) is 10.7. The van der Waals surface area contributed by atoms with Crippen LogP contribution in [0.15, 0.2) is 54.6 Å². The van der Waals surface area contributed by atoms with E-state index < -0.39 is 0 Å². The average molecular weight is 310 g/mol. The van der Waals surface area contributed by atoms with E-state index in [-0.39, 0.29) is 6.04 Å². The summed E-state index contributed by atoms with van der Waals surface area (Å²) in [7, 11) is 1.67. The van der Waals surface area contributed by atoms with Crippen molar-refractivity contribution in [1.29, 1.82) is 0 Å². The first-order valence-corrected chi connectivity index (χ1v) is 7.57. The van der Waals surface area contributed by atoms with E-state index in [1.165, 1.54) is 5.56 Å². The molecule has 2 N–H and O–H groups in total. The van der Waals surface area contributed by atoms with Gasteiger partial charge in [0, 0.05) is 5.70 Å². The van der Waals surface area contributed by atoms with E-state index in [9.17, 15) is 0 Å². The summed E-state index contributed by atoms with van der Waals surface area (Å²) in [6.45, 7) is 2.08. The van der Waals surface area contributed by atoms with Gasteiger partial charge in [-0.3, -0.25) is 0 Å². The van der Waals surface area contributed by atoms with Crippen LogP contribution in [0.2, 0.25) is 0 Å². The molecule has 1 heterocycles. The molecule has 0 amide bonds. The Balaban J connectivity index is 1.92. The van der Waals surface area contributed by atoms with Crippen LogP contribution >= 0.6 is 12.2 Å². The number of hydrogen-bond donors (Lipinski definition) is 2. The minimum atomic E-state index is 0.0518. The van der Waals surface area contributed by atoms with Crippen molar-refractivity contribution in [3.05, 3.63) is 71.3 Å². The number of benzene rings is 2. The number of hydrogen-bond acceptors (Lipinski definition) is 2. The van der Waals surface area contributed by atoms with Crippen LogP contribution in [0.4, 0.5) is 0 Å². The highest BCUT2D eigenvalue weighted by Crippen LogP contribution is 2.25. The molecule has 0 saturated carbocycles. The molecule has 2 aromatic rings. The van der Waals surface area contributed by atoms with Crippen LogP contribution in [-0.2, 0) is 0 Å². The second-order valence-corrected chi connectivity index (χ2v) is 5.70. The molecule has 0 fully saturated rings. The van der Waals surface area contributed by atoms with Crippen molar-refractivity contribution in [3.8, 4) is 5.75 Å². The maximum Gasteiger partial charge on any atom is 0.171 e. The Bertz CT molecular complexity index is 705. The number of rotatable bonds is 3. The third-order valence-electron chi connectivity index (χ3n) is 3.71. The predicted octanol–water partition coefficient (Wildman–Crippen LogP) is 3.56. The van der Waals surface area contributed by atoms with Gasteiger partial charge in [0.05, 0.1) is 13.2 Å². The highest BCUT2D eigenvalue weighted by molar-refractivity contribution is 7.80. The van der Waals surface area contributed by atoms with Crippen molar-refractivity contribution in [2.45, 2.75) is 13.0 Å². The van der Waals surface area contributed by atoms with Crippen molar-refractivity contribution in [3.63, 3.8) is 0 Å². The van der Waals surface area contributed by atoms with E-state index in [1.54, 1.807) is 7.11 Å². The van der Waals surface area contributed by atoms with Gasteiger partial charge in [-0.15, -0.1) is 0 Å². The van der Waals surface area contributed by atoms with Crippen LogP contribution in [0.3, 0.4) is 0 Å². The standard InChI is InChI=1S/C18H18N2OS/c1-12-3-5-13(6-4-12)16-11-17(20-18(22)19-16)14-7-9-15(21-2)10-8-14/h3-11,17H,1-2H3,(H2,19,20,22)/t17-/m1/s1. The SMILES string of the molecule is COc1ccc([C@H]2C=C(c3ccc(C)cc3)NC(=S)N2)cc1. The van der Waals surface area contributed by atoms with E-state index >= 15 is 0 Å². The Kier molecular flexibility index (Phi) is 4.11. The molecular weight excluding hydrogens is 292 g/mol. The van der Waals surface area contributed by atoms with Gasteiger partial charge in [0.25, 0.3) is 0 Å². The van der Waals surface area contributed by atoms with Crippen LogP contribution < -0.4 is 15.4 Å². The molecule has 2 aromatic carbocycles. The number of methoxy groups -OCH3 is 1. The fourth-order valence-electron chi connectivity index (χ4n) is 2.44. The molecule has 112 valence electrons. The van der Waals surface area contributed by atoms with Crippen molar-refractivity contribution in [1.82, 2.24) is 10.6 Å². The summed E-state index contributed by atoms with van der Waals surface area (Å²) < 4.78 is 5.21. The Morgan fingerprint density at radius 2 is 1.68 bits per heavy atom. The molecule has 0 saturated heterocycles. The number of thiocarbonyl (C=S) groups is 1. The zero-order valence-corrected chi connectivity index (χ0v) is 13.4. The summed E-state index contributed by atoms with van der Waals surface area (Å²) in [5.41, 5.74) is 4.55. The van der Waals surface area contributed by atoms with Gasteiger partial charge in [0.2, 0.25) is 0 Å². The lowest BCUT2D eigenvalue weighted by molar-refractivity contribution is 0.414. The zero-order chi connectivity index (χ0) is 15.5. The maximum atomic E-state index is 5.35. The van der Waals surface area contributed by atoms with Gasteiger partial charge >= 0.3 is 0 Å². The van der Waals surface area contributed by atoms with Crippen molar-refractivity contribution in [2.24, 2.45) is 0 Å². The lowest BCUT2D eigenvalue weighted by Crippen LogP contribution is -2.40. The van der Waals surface area contributed by atoms with Gasteiger partial charge in [-0.2, -0.15) is 0 Å². The molecule has 3 nitrogen and oxygen atoms in total. The summed E-state index contributed by atoms with van der Waals surface area (Å²) in [5.74, 6) is 0.850. The van der Waals surface area contributed by atoms with Crippen LogP contribution in [0.1, 0.15) is 22.7 Å². The van der Waals surface area contributed by atoms with Crippen LogP contribution in [0.25, 0.3) is 5.70 Å². The molecule has 0 bridgehead atoms. The quantitative estimate of drug-likeness (QED) is 0.849. The highest BCUT2D eigenvalue weighted by Gasteiger charge is 2.18. The molecule has 0 aliphatic carbocycles. The van der Waals surface area contributed by atoms with Crippen LogP contribution in [0.5, 0.6) is 5.75 Å². The van der Waals surface area contributed by atoms with E-state index in [0.29, 0.717) is 5.11 Å². The average Bonchev–Trinajstić information content (AvgIpc) is 2.55. The molecule has 0 unspecified atom stereocenters. The fourth-order valence-corrected chi connectivity index (χ4v) is 2.68. The lowest BCUT2D eigenvalue weighted by Gasteiger charge is -2.26. The smallest absolute Gasteiger partial charge is 0.171 e. The fraction of sp³-hybridized carbons (Fsp3) is 0.167. The predicted molar refractivity (Wildman–Crippen MR) is 93.8 cm³/mol. The zero-order valence-electron chi connectivity index (χ0n) is 12.6. The Morgan fingerprint density at radius 3 is 2.32 bits per heavy atom. The summed E-state index contributed by atoms with van der Waals surface area (Å²) in [4.78, 5) is 0. The Morgan fingerprint density at radius 1 is 1.00 bits per heavy atom. The Labute approximate surface area is 136 Å². The van der Waals surface area contributed by atoms with Crippen LogP contribution in [0, 0.1) is 6.92 Å². The topological polar surface area (TPSA) is 33.3 Å². The van der Waals surface area contributed by atoms with Gasteiger partial charge < -0.3 is 15.4 Å². The highest BCUT2D eigenvalue weighted by atomic mass is 32.1. The van der Waals surface area contributed by atoms with E-state index in [2.05, 4.69) is 47.9 Å². The van der Waals surface area contributed by atoms with Gasteiger partial charge in [-0.1, -0.05) is 42.0 Å². The second kappa shape index (κ2) is 6.20. The summed E-state index contributed by atoms with van der Waals surface area (Å²) in [6, 6.07) is 16.5. The van der Waals surface area contributed by atoms with Crippen molar-refractivity contribution in [2.75, 3.05) is 7.11 Å². The van der Waals surface area contributed by atoms with E-state index in [4.69, 9.17) is 17.0 Å². The van der Waals surface area contributed by atoms with E-state index in [0.717, 1.165) is 22.6 Å². The van der Waals surface area contributed by atoms with Gasteiger partial charge in [-0.05, 0) is 48.5 Å². The Hall–Kier alpha value is -2.33. The second-order valence-electron chi connectivity index (χ2n) is 5.30. The lowest BCUT2D eigenvalue weighted by atomic mass is 10.0. The number of nitrogens with one attached hydrogen (secondary N) is 2. The molecule has 4 heteroatoms. The summed E-state index contributed by atoms with van der Waals surface area (Å²) in [6.07, 6.45) is 2.16. The van der Waals surface area contributed by atoms with Gasteiger partial charge in [-0.25, -0.2) is 0 Å². The monoisotopic (exact) mass is 310 g/mol. The maximum absolute atomic E-state index is 5.35. The molecule has 3 rings (SSSR count). The number of ether oxygens (including phenoxy) is 1. The molecule has 0 spiro atoms. The molecule has 1 aliphatic heterocycles. The summed E-state index contributed by atoms with van der Waals surface area (Å²) in [5, 5.41) is 7.15. The van der Waals surface area contributed by atoms with Crippen molar-refractivity contribution < 1.29 is 4.74 Å². The molecule has 22 heavy (non-hydrogen) atoms. The minimum absolute atomic E-state index is 0.0518. The first-order valence-electron chi connectivity index (χ1n) is 7.16. The summed E-state index contributed by atoms with van der Waals surface area (Å²) >= 11 is 5.35. The minimum Gasteiger partial charge on any atom is -0.497 e.